The summed E-state index contributed by atoms with van der Waals surface area (Å²) in [5, 5.41) is 10.1. The van der Waals surface area contributed by atoms with Gasteiger partial charge < -0.3 is 10.1 Å². The molecule has 2 N–H and O–H groups in total. The molecule has 19 heavy (non-hydrogen) atoms. The number of pyridine rings is 1. The summed E-state index contributed by atoms with van der Waals surface area (Å²) in [6.07, 6.45) is 5.28. The lowest BCUT2D eigenvalue weighted by Gasteiger charge is -2.11. The molecule has 2 rings (SSSR count). The molecule has 0 amide bonds. The second-order valence-corrected chi connectivity index (χ2v) is 4.18. The fourth-order valence-corrected chi connectivity index (χ4v) is 1.83. The van der Waals surface area contributed by atoms with Gasteiger partial charge in [-0.25, -0.2) is 4.79 Å². The molecule has 0 aliphatic rings. The molecule has 0 aliphatic carbocycles. The van der Waals surface area contributed by atoms with Crippen LogP contribution in [0.15, 0.2) is 12.4 Å². The molecule has 2 aromatic heterocycles. The van der Waals surface area contributed by atoms with E-state index < -0.39 is 0 Å². The van der Waals surface area contributed by atoms with E-state index in [0.29, 0.717) is 12.2 Å². The van der Waals surface area contributed by atoms with Crippen LogP contribution in [0.4, 0.5) is 5.69 Å². The van der Waals surface area contributed by atoms with Crippen LogP contribution in [0, 0.1) is 0 Å². The van der Waals surface area contributed by atoms with Crippen molar-refractivity contribution in [2.24, 2.45) is 0 Å². The van der Waals surface area contributed by atoms with Crippen LogP contribution in [0.3, 0.4) is 0 Å². The lowest BCUT2D eigenvalue weighted by molar-refractivity contribution is 0.0527. The summed E-state index contributed by atoms with van der Waals surface area (Å²) in [7, 11) is 0. The quantitative estimate of drug-likeness (QED) is 0.617. The number of hydrogen-bond acceptors (Lipinski definition) is 5. The molecule has 0 radical (unpaired) electrons. The maximum atomic E-state index is 11.9. The van der Waals surface area contributed by atoms with Gasteiger partial charge in [-0.05, 0) is 13.3 Å². The number of nitrogens with one attached hydrogen (secondary N) is 2. The SMILES string of the molecule is CCCCNc1c(C(=O)OCC)cnc2cn[nH]c12. The number of nitrogens with zero attached hydrogens (tertiary/aromatic N) is 2. The first-order valence-corrected chi connectivity index (χ1v) is 6.51. The number of ether oxygens (including phenoxy) is 1. The largest absolute Gasteiger partial charge is 0.462 e. The first-order valence-electron chi connectivity index (χ1n) is 6.51. The number of hydrogen-bond donors (Lipinski definition) is 2. The number of carbonyl (C=O) groups is 1. The van der Waals surface area contributed by atoms with E-state index in [-0.39, 0.29) is 5.97 Å². The van der Waals surface area contributed by atoms with Gasteiger partial charge in [0.25, 0.3) is 0 Å². The number of H-pyrrole nitrogens is 1. The molecule has 6 nitrogen and oxygen atoms in total. The van der Waals surface area contributed by atoms with Gasteiger partial charge in [0.15, 0.2) is 0 Å². The highest BCUT2D eigenvalue weighted by Gasteiger charge is 2.17. The Kier molecular flexibility index (Phi) is 4.33. The van der Waals surface area contributed by atoms with E-state index in [9.17, 15) is 4.79 Å². The molecule has 102 valence electrons. The van der Waals surface area contributed by atoms with Crippen molar-refractivity contribution in [1.29, 1.82) is 0 Å². The second-order valence-electron chi connectivity index (χ2n) is 4.18. The first-order chi connectivity index (χ1) is 9.27. The van der Waals surface area contributed by atoms with E-state index in [1.807, 2.05) is 0 Å². The Hall–Kier alpha value is -2.11. The highest BCUT2D eigenvalue weighted by atomic mass is 16.5. The van der Waals surface area contributed by atoms with Crippen LogP contribution in [0.5, 0.6) is 0 Å². The topological polar surface area (TPSA) is 79.9 Å². The number of anilines is 1. The van der Waals surface area contributed by atoms with Gasteiger partial charge in [0, 0.05) is 12.7 Å². The second kappa shape index (κ2) is 6.17. The fraction of sp³-hybridized carbons (Fsp3) is 0.462. The van der Waals surface area contributed by atoms with Gasteiger partial charge in [-0.2, -0.15) is 5.10 Å². The molecule has 2 aromatic rings. The Morgan fingerprint density at radius 1 is 1.42 bits per heavy atom. The zero-order chi connectivity index (χ0) is 13.7. The smallest absolute Gasteiger partial charge is 0.341 e. The summed E-state index contributed by atoms with van der Waals surface area (Å²) in [6, 6.07) is 0. The zero-order valence-corrected chi connectivity index (χ0v) is 11.2. The molecule has 0 fully saturated rings. The van der Waals surface area contributed by atoms with Gasteiger partial charge >= 0.3 is 5.97 Å². The molecule has 0 spiro atoms. The van der Waals surface area contributed by atoms with Crippen molar-refractivity contribution in [2.75, 3.05) is 18.5 Å². The average molecular weight is 262 g/mol. The number of unbranched alkanes of at least 4 members (excludes halogenated alkanes) is 1. The van der Waals surface area contributed by atoms with Gasteiger partial charge in [0.05, 0.1) is 18.5 Å². The first kappa shape index (κ1) is 13.3. The third kappa shape index (κ3) is 2.83. The van der Waals surface area contributed by atoms with Crippen molar-refractivity contribution in [1.82, 2.24) is 15.2 Å². The monoisotopic (exact) mass is 262 g/mol. The van der Waals surface area contributed by atoms with Gasteiger partial charge in [-0.1, -0.05) is 13.3 Å². The Balaban J connectivity index is 2.37. The minimum atomic E-state index is -0.370. The average Bonchev–Trinajstić information content (AvgIpc) is 2.88. The number of rotatable bonds is 6. The predicted octanol–water partition coefficient (Wildman–Crippen LogP) is 2.35. The van der Waals surface area contributed by atoms with E-state index in [1.54, 1.807) is 13.1 Å². The van der Waals surface area contributed by atoms with Gasteiger partial charge in [-0.3, -0.25) is 10.1 Å². The Morgan fingerprint density at radius 3 is 3.00 bits per heavy atom. The Labute approximate surface area is 111 Å². The van der Waals surface area contributed by atoms with E-state index >= 15 is 0 Å². The van der Waals surface area contributed by atoms with Crippen molar-refractivity contribution in [2.45, 2.75) is 26.7 Å². The molecule has 0 aromatic carbocycles. The highest BCUT2D eigenvalue weighted by Crippen LogP contribution is 2.24. The third-order valence-electron chi connectivity index (χ3n) is 2.80. The summed E-state index contributed by atoms with van der Waals surface area (Å²) in [4.78, 5) is 16.1. The molecular weight excluding hydrogens is 244 g/mol. The molecule has 0 saturated heterocycles. The predicted molar refractivity (Wildman–Crippen MR) is 73.2 cm³/mol. The van der Waals surface area contributed by atoms with Gasteiger partial charge in [0.1, 0.15) is 16.6 Å². The van der Waals surface area contributed by atoms with E-state index in [4.69, 9.17) is 4.74 Å². The number of carbonyl (C=O) groups excluding carboxylic acids is 1. The Bertz CT molecular complexity index is 565. The lowest BCUT2D eigenvalue weighted by Crippen LogP contribution is -2.11. The van der Waals surface area contributed by atoms with Crippen molar-refractivity contribution in [3.8, 4) is 0 Å². The van der Waals surface area contributed by atoms with Crippen LogP contribution >= 0.6 is 0 Å². The standard InChI is InChI=1S/C13H18N4O2/c1-3-5-6-14-11-9(13(18)19-4-2)7-15-10-8-16-17-12(10)11/h7-8H,3-6H2,1-2H3,(H,14,15)(H,16,17). The van der Waals surface area contributed by atoms with Crippen LogP contribution in [0.1, 0.15) is 37.0 Å². The zero-order valence-electron chi connectivity index (χ0n) is 11.2. The summed E-state index contributed by atoms with van der Waals surface area (Å²) in [5.74, 6) is -0.370. The number of fused-ring (bicyclic) bond motifs is 1. The van der Waals surface area contributed by atoms with Crippen LogP contribution in [-0.4, -0.2) is 34.3 Å². The molecule has 0 atom stereocenters. The van der Waals surface area contributed by atoms with E-state index in [0.717, 1.165) is 36.1 Å². The maximum Gasteiger partial charge on any atom is 0.341 e. The third-order valence-corrected chi connectivity index (χ3v) is 2.80. The van der Waals surface area contributed by atoms with Gasteiger partial charge in [0.2, 0.25) is 0 Å². The number of aromatic nitrogens is 3. The Morgan fingerprint density at radius 2 is 2.26 bits per heavy atom. The van der Waals surface area contributed by atoms with Crippen molar-refractivity contribution in [3.05, 3.63) is 18.0 Å². The minimum absolute atomic E-state index is 0.342. The summed E-state index contributed by atoms with van der Waals surface area (Å²) in [5.41, 5.74) is 2.62. The molecule has 0 aliphatic heterocycles. The summed E-state index contributed by atoms with van der Waals surface area (Å²) < 4.78 is 5.05. The summed E-state index contributed by atoms with van der Waals surface area (Å²) in [6.45, 7) is 5.03. The molecule has 0 unspecified atom stereocenters. The number of esters is 1. The maximum absolute atomic E-state index is 11.9. The minimum Gasteiger partial charge on any atom is -0.462 e. The molecule has 2 heterocycles. The molecule has 0 bridgehead atoms. The lowest BCUT2D eigenvalue weighted by atomic mass is 10.2. The van der Waals surface area contributed by atoms with Crippen LogP contribution in [-0.2, 0) is 4.74 Å². The van der Waals surface area contributed by atoms with Crippen LogP contribution < -0.4 is 5.32 Å². The van der Waals surface area contributed by atoms with E-state index in [1.165, 1.54) is 6.20 Å². The molecule has 0 saturated carbocycles. The molecule has 6 heteroatoms. The molecular formula is C13H18N4O2. The van der Waals surface area contributed by atoms with Gasteiger partial charge in [-0.15, -0.1) is 0 Å². The van der Waals surface area contributed by atoms with Crippen molar-refractivity contribution in [3.63, 3.8) is 0 Å². The van der Waals surface area contributed by atoms with E-state index in [2.05, 4.69) is 27.4 Å². The number of aromatic amines is 1. The van der Waals surface area contributed by atoms with Crippen LogP contribution in [0.25, 0.3) is 11.0 Å². The summed E-state index contributed by atoms with van der Waals surface area (Å²) >= 11 is 0. The van der Waals surface area contributed by atoms with Crippen molar-refractivity contribution < 1.29 is 9.53 Å². The highest BCUT2D eigenvalue weighted by molar-refractivity contribution is 6.03. The normalized spacial score (nSPS) is 10.6. The fourth-order valence-electron chi connectivity index (χ4n) is 1.83. The van der Waals surface area contributed by atoms with Crippen LogP contribution in [0.2, 0.25) is 0 Å². The van der Waals surface area contributed by atoms with Crippen molar-refractivity contribution >= 4 is 22.7 Å².